The normalized spacial score (nSPS) is 30.1. The highest BCUT2D eigenvalue weighted by molar-refractivity contribution is 5.28. The van der Waals surface area contributed by atoms with E-state index in [4.69, 9.17) is 0 Å². The van der Waals surface area contributed by atoms with Gasteiger partial charge in [0.2, 0.25) is 0 Å². The lowest BCUT2D eigenvalue weighted by Crippen LogP contribution is -2.15. The first kappa shape index (κ1) is 12.2. The largest absolute Gasteiger partial charge is 0.388 e. The summed E-state index contributed by atoms with van der Waals surface area (Å²) < 4.78 is 0. The number of benzene rings is 1. The number of rotatable bonds is 3. The summed E-state index contributed by atoms with van der Waals surface area (Å²) in [5, 5.41) is 10.5. The predicted molar refractivity (Wildman–Crippen MR) is 74.5 cm³/mol. The standard InChI is InChI=1S/C17H24O/c1-12-4-2-7-16(12)17(18)15-10-8-14(9-11-15)13-5-3-6-13/h8-13,16-18H,2-7H2,1H3. The van der Waals surface area contributed by atoms with E-state index < -0.39 is 0 Å². The highest BCUT2D eigenvalue weighted by atomic mass is 16.3. The molecule has 0 bridgehead atoms. The molecule has 2 fully saturated rings. The van der Waals surface area contributed by atoms with Gasteiger partial charge in [-0.15, -0.1) is 0 Å². The van der Waals surface area contributed by atoms with Crippen LogP contribution in [0.2, 0.25) is 0 Å². The van der Waals surface area contributed by atoms with E-state index in [1.165, 1.54) is 44.1 Å². The van der Waals surface area contributed by atoms with Crippen LogP contribution in [0.4, 0.5) is 0 Å². The molecular weight excluding hydrogens is 220 g/mol. The van der Waals surface area contributed by atoms with Gasteiger partial charge in [-0.05, 0) is 48.1 Å². The van der Waals surface area contributed by atoms with Crippen LogP contribution in [0.5, 0.6) is 0 Å². The molecule has 0 amide bonds. The zero-order valence-corrected chi connectivity index (χ0v) is 11.3. The van der Waals surface area contributed by atoms with Crippen LogP contribution in [0.1, 0.15) is 68.6 Å². The van der Waals surface area contributed by atoms with Crippen LogP contribution >= 0.6 is 0 Å². The topological polar surface area (TPSA) is 20.2 Å². The van der Waals surface area contributed by atoms with Crippen LogP contribution < -0.4 is 0 Å². The van der Waals surface area contributed by atoms with E-state index in [-0.39, 0.29) is 6.10 Å². The third-order valence-electron chi connectivity index (χ3n) is 5.19. The Bertz CT molecular complexity index is 391. The summed E-state index contributed by atoms with van der Waals surface area (Å²) in [6.07, 6.45) is 7.58. The van der Waals surface area contributed by atoms with Gasteiger partial charge in [0.05, 0.1) is 6.10 Å². The van der Waals surface area contributed by atoms with Gasteiger partial charge in [0.15, 0.2) is 0 Å². The van der Waals surface area contributed by atoms with Crippen LogP contribution in [0.25, 0.3) is 0 Å². The zero-order chi connectivity index (χ0) is 12.5. The fraction of sp³-hybridized carbons (Fsp3) is 0.647. The van der Waals surface area contributed by atoms with Crippen molar-refractivity contribution < 1.29 is 5.11 Å². The fourth-order valence-corrected chi connectivity index (χ4v) is 3.60. The summed E-state index contributed by atoms with van der Waals surface area (Å²) in [7, 11) is 0. The zero-order valence-electron chi connectivity index (χ0n) is 11.3. The van der Waals surface area contributed by atoms with Gasteiger partial charge in [0.1, 0.15) is 0 Å². The molecule has 2 aliphatic carbocycles. The molecule has 0 spiro atoms. The minimum atomic E-state index is -0.252. The Morgan fingerprint density at radius 3 is 2.17 bits per heavy atom. The molecule has 3 rings (SSSR count). The number of aliphatic hydroxyl groups excluding tert-OH is 1. The molecule has 0 radical (unpaired) electrons. The molecule has 0 aromatic heterocycles. The molecule has 1 nitrogen and oxygen atoms in total. The van der Waals surface area contributed by atoms with Crippen molar-refractivity contribution in [3.05, 3.63) is 35.4 Å². The van der Waals surface area contributed by atoms with E-state index in [1.54, 1.807) is 0 Å². The Morgan fingerprint density at radius 1 is 1.00 bits per heavy atom. The summed E-state index contributed by atoms with van der Waals surface area (Å²) >= 11 is 0. The van der Waals surface area contributed by atoms with Gasteiger partial charge in [0.25, 0.3) is 0 Å². The third-order valence-corrected chi connectivity index (χ3v) is 5.19. The predicted octanol–water partition coefficient (Wildman–Crippen LogP) is 4.42. The maximum absolute atomic E-state index is 10.5. The third kappa shape index (κ3) is 2.21. The maximum atomic E-state index is 10.5. The minimum absolute atomic E-state index is 0.252. The average Bonchev–Trinajstić information content (AvgIpc) is 2.73. The van der Waals surface area contributed by atoms with E-state index in [9.17, 15) is 5.11 Å². The molecule has 2 aliphatic rings. The fourth-order valence-electron chi connectivity index (χ4n) is 3.60. The SMILES string of the molecule is CC1CCCC1C(O)c1ccc(C2CCC2)cc1. The Labute approximate surface area is 110 Å². The van der Waals surface area contributed by atoms with Crippen molar-refractivity contribution in [3.63, 3.8) is 0 Å². The van der Waals surface area contributed by atoms with Crippen molar-refractivity contribution >= 4 is 0 Å². The molecular formula is C17H24O. The quantitative estimate of drug-likeness (QED) is 0.834. The van der Waals surface area contributed by atoms with Crippen LogP contribution in [0.15, 0.2) is 24.3 Å². The van der Waals surface area contributed by atoms with Gasteiger partial charge in [-0.3, -0.25) is 0 Å². The first-order valence-corrected chi connectivity index (χ1v) is 7.53. The van der Waals surface area contributed by atoms with Crippen LogP contribution in [0.3, 0.4) is 0 Å². The first-order chi connectivity index (χ1) is 8.75. The molecule has 1 N–H and O–H groups in total. The monoisotopic (exact) mass is 244 g/mol. The van der Waals surface area contributed by atoms with E-state index >= 15 is 0 Å². The van der Waals surface area contributed by atoms with E-state index in [2.05, 4.69) is 31.2 Å². The molecule has 1 aromatic carbocycles. The van der Waals surface area contributed by atoms with E-state index in [0.29, 0.717) is 11.8 Å². The first-order valence-electron chi connectivity index (χ1n) is 7.53. The molecule has 98 valence electrons. The Balaban J connectivity index is 1.71. The maximum Gasteiger partial charge on any atom is 0.0820 e. The van der Waals surface area contributed by atoms with Gasteiger partial charge >= 0.3 is 0 Å². The molecule has 2 saturated carbocycles. The van der Waals surface area contributed by atoms with Gasteiger partial charge in [-0.25, -0.2) is 0 Å². The lowest BCUT2D eigenvalue weighted by atomic mass is 9.79. The minimum Gasteiger partial charge on any atom is -0.388 e. The highest BCUT2D eigenvalue weighted by Gasteiger charge is 2.30. The van der Waals surface area contributed by atoms with Crippen LogP contribution in [0, 0.1) is 11.8 Å². The molecule has 0 aliphatic heterocycles. The van der Waals surface area contributed by atoms with Crippen molar-refractivity contribution in [2.24, 2.45) is 11.8 Å². The van der Waals surface area contributed by atoms with Gasteiger partial charge in [-0.1, -0.05) is 50.5 Å². The van der Waals surface area contributed by atoms with E-state index in [0.717, 1.165) is 11.5 Å². The number of aliphatic hydroxyl groups is 1. The van der Waals surface area contributed by atoms with Crippen molar-refractivity contribution in [3.8, 4) is 0 Å². The molecule has 3 atom stereocenters. The summed E-state index contributed by atoms with van der Waals surface area (Å²) in [5.74, 6) is 1.94. The molecule has 0 saturated heterocycles. The van der Waals surface area contributed by atoms with Crippen molar-refractivity contribution in [1.29, 1.82) is 0 Å². The van der Waals surface area contributed by atoms with Crippen molar-refractivity contribution in [2.45, 2.75) is 57.5 Å². The van der Waals surface area contributed by atoms with Crippen LogP contribution in [-0.4, -0.2) is 5.11 Å². The molecule has 1 aromatic rings. The van der Waals surface area contributed by atoms with Gasteiger partial charge in [-0.2, -0.15) is 0 Å². The Kier molecular flexibility index (Phi) is 3.43. The summed E-state index contributed by atoms with van der Waals surface area (Å²) in [4.78, 5) is 0. The molecule has 3 unspecified atom stereocenters. The van der Waals surface area contributed by atoms with Gasteiger partial charge in [0, 0.05) is 0 Å². The van der Waals surface area contributed by atoms with Crippen molar-refractivity contribution in [1.82, 2.24) is 0 Å². The second kappa shape index (κ2) is 5.05. The molecule has 0 heterocycles. The van der Waals surface area contributed by atoms with Gasteiger partial charge < -0.3 is 5.11 Å². The lowest BCUT2D eigenvalue weighted by Gasteiger charge is -2.27. The average molecular weight is 244 g/mol. The molecule has 18 heavy (non-hydrogen) atoms. The van der Waals surface area contributed by atoms with Crippen LogP contribution in [-0.2, 0) is 0 Å². The smallest absolute Gasteiger partial charge is 0.0820 e. The Morgan fingerprint density at radius 2 is 1.67 bits per heavy atom. The molecule has 1 heteroatoms. The van der Waals surface area contributed by atoms with Crippen molar-refractivity contribution in [2.75, 3.05) is 0 Å². The van der Waals surface area contributed by atoms with E-state index in [1.807, 2.05) is 0 Å². The second-order valence-corrected chi connectivity index (χ2v) is 6.31. The lowest BCUT2D eigenvalue weighted by molar-refractivity contribution is 0.0900. The number of hydrogen-bond acceptors (Lipinski definition) is 1. The summed E-state index contributed by atoms with van der Waals surface area (Å²) in [6.45, 7) is 2.28. The highest BCUT2D eigenvalue weighted by Crippen LogP contribution is 2.41. The summed E-state index contributed by atoms with van der Waals surface area (Å²) in [5.41, 5.74) is 2.59. The summed E-state index contributed by atoms with van der Waals surface area (Å²) in [6, 6.07) is 8.79. The second-order valence-electron chi connectivity index (χ2n) is 6.31. The number of hydrogen-bond donors (Lipinski definition) is 1. The Hall–Kier alpha value is -0.820.